The maximum atomic E-state index is 12.1. The van der Waals surface area contributed by atoms with Crippen LogP contribution in [-0.2, 0) is 21.2 Å². The molecule has 1 aromatic rings. The second-order valence-electron chi connectivity index (χ2n) is 5.53. The van der Waals surface area contributed by atoms with Crippen LogP contribution in [0.4, 0.5) is 0 Å². The van der Waals surface area contributed by atoms with E-state index in [9.17, 15) is 13.2 Å². The maximum Gasteiger partial charge on any atom is 0.211 e. The molecule has 1 heterocycles. The van der Waals surface area contributed by atoms with Gasteiger partial charge in [-0.1, -0.05) is 30.3 Å². The lowest BCUT2D eigenvalue weighted by molar-refractivity contribution is -0.119. The Morgan fingerprint density at radius 2 is 2.00 bits per heavy atom. The van der Waals surface area contributed by atoms with Gasteiger partial charge in [0.25, 0.3) is 0 Å². The first-order valence-electron chi connectivity index (χ1n) is 6.96. The molecule has 1 aliphatic heterocycles. The van der Waals surface area contributed by atoms with Crippen LogP contribution >= 0.6 is 0 Å². The topological polar surface area (TPSA) is 54.5 Å². The third kappa shape index (κ3) is 4.42. The highest BCUT2D eigenvalue weighted by Gasteiger charge is 2.27. The molecule has 1 saturated heterocycles. The molecule has 0 N–H and O–H groups in total. The molecule has 5 heteroatoms. The fourth-order valence-electron chi connectivity index (χ4n) is 2.71. The van der Waals surface area contributed by atoms with Crippen LogP contribution < -0.4 is 0 Å². The molecule has 0 bridgehead atoms. The Morgan fingerprint density at radius 3 is 2.65 bits per heavy atom. The third-order valence-electron chi connectivity index (χ3n) is 3.71. The number of sulfonamides is 1. The van der Waals surface area contributed by atoms with Gasteiger partial charge >= 0.3 is 0 Å². The van der Waals surface area contributed by atoms with Gasteiger partial charge in [-0.15, -0.1) is 0 Å². The lowest BCUT2D eigenvalue weighted by atomic mass is 9.92. The predicted molar refractivity (Wildman–Crippen MR) is 78.9 cm³/mol. The van der Waals surface area contributed by atoms with Crippen molar-refractivity contribution in [3.8, 4) is 0 Å². The lowest BCUT2D eigenvalue weighted by Crippen LogP contribution is -2.39. The van der Waals surface area contributed by atoms with E-state index >= 15 is 0 Å². The quantitative estimate of drug-likeness (QED) is 0.833. The van der Waals surface area contributed by atoms with Crippen molar-refractivity contribution < 1.29 is 13.2 Å². The first-order chi connectivity index (χ1) is 9.45. The Balaban J connectivity index is 1.88. The van der Waals surface area contributed by atoms with Crippen LogP contribution in [0.5, 0.6) is 0 Å². The second kappa shape index (κ2) is 6.50. The average Bonchev–Trinajstić information content (AvgIpc) is 2.39. The smallest absolute Gasteiger partial charge is 0.211 e. The average molecular weight is 295 g/mol. The molecule has 2 rings (SSSR count). The Labute approximate surface area is 120 Å². The van der Waals surface area contributed by atoms with E-state index in [4.69, 9.17) is 0 Å². The number of rotatable bonds is 5. The number of ketones is 1. The number of carbonyl (C=O) groups excluding carboxylic acids is 1. The van der Waals surface area contributed by atoms with Crippen molar-refractivity contribution in [3.63, 3.8) is 0 Å². The van der Waals surface area contributed by atoms with E-state index in [0.29, 0.717) is 25.9 Å². The Kier molecular flexibility index (Phi) is 4.94. The molecule has 1 unspecified atom stereocenters. The fraction of sp³-hybridized carbons (Fsp3) is 0.533. The molecule has 4 nitrogen and oxygen atoms in total. The van der Waals surface area contributed by atoms with Crippen LogP contribution in [0.2, 0.25) is 0 Å². The van der Waals surface area contributed by atoms with Crippen LogP contribution in [0, 0.1) is 5.92 Å². The molecule has 0 aromatic heterocycles. The molecule has 1 fully saturated rings. The van der Waals surface area contributed by atoms with Crippen LogP contribution in [0.3, 0.4) is 0 Å². The summed E-state index contributed by atoms with van der Waals surface area (Å²) in [5, 5.41) is 0. The summed E-state index contributed by atoms with van der Waals surface area (Å²) < 4.78 is 24.6. The number of Topliss-reactive ketones (excluding diaryl/α,β-unsaturated/α-hetero) is 1. The fourth-order valence-corrected chi connectivity index (χ4v) is 3.65. The summed E-state index contributed by atoms with van der Waals surface area (Å²) >= 11 is 0. The van der Waals surface area contributed by atoms with Crippen molar-refractivity contribution in [1.29, 1.82) is 0 Å². The van der Waals surface area contributed by atoms with E-state index in [2.05, 4.69) is 0 Å². The van der Waals surface area contributed by atoms with Gasteiger partial charge < -0.3 is 0 Å². The monoisotopic (exact) mass is 295 g/mol. The molecule has 0 radical (unpaired) electrons. The molecule has 0 amide bonds. The van der Waals surface area contributed by atoms with Gasteiger partial charge in [0, 0.05) is 25.9 Å². The summed E-state index contributed by atoms with van der Waals surface area (Å²) in [6, 6.07) is 9.67. The Morgan fingerprint density at radius 1 is 1.30 bits per heavy atom. The van der Waals surface area contributed by atoms with Crippen LogP contribution in [0.1, 0.15) is 24.8 Å². The molecule has 1 atom stereocenters. The number of benzene rings is 1. The zero-order chi connectivity index (χ0) is 14.6. The van der Waals surface area contributed by atoms with E-state index in [-0.39, 0.29) is 11.7 Å². The molecule has 110 valence electrons. The van der Waals surface area contributed by atoms with Gasteiger partial charge in [0.15, 0.2) is 0 Å². The molecule has 0 spiro atoms. The molecule has 20 heavy (non-hydrogen) atoms. The number of piperidine rings is 1. The highest BCUT2D eigenvalue weighted by Crippen LogP contribution is 2.22. The maximum absolute atomic E-state index is 12.1. The van der Waals surface area contributed by atoms with Crippen LogP contribution in [0.25, 0.3) is 0 Å². The van der Waals surface area contributed by atoms with Crippen molar-refractivity contribution in [3.05, 3.63) is 35.9 Å². The molecule has 0 saturated carbocycles. The predicted octanol–water partition coefficient (Wildman–Crippen LogP) is 1.86. The zero-order valence-corrected chi connectivity index (χ0v) is 12.6. The first kappa shape index (κ1) is 15.2. The zero-order valence-electron chi connectivity index (χ0n) is 11.8. The summed E-state index contributed by atoms with van der Waals surface area (Å²) in [5.41, 5.74) is 1.02. The van der Waals surface area contributed by atoms with Crippen molar-refractivity contribution >= 4 is 15.8 Å². The SMILES string of the molecule is CS(=O)(=O)N1CCCC(CC(=O)Cc2ccccc2)C1. The van der Waals surface area contributed by atoms with Crippen molar-refractivity contribution in [2.24, 2.45) is 5.92 Å². The van der Waals surface area contributed by atoms with Gasteiger partial charge in [-0.3, -0.25) is 4.79 Å². The molecule has 1 aromatic carbocycles. The summed E-state index contributed by atoms with van der Waals surface area (Å²) in [7, 11) is -3.13. The number of hydrogen-bond acceptors (Lipinski definition) is 3. The van der Waals surface area contributed by atoms with E-state index in [1.807, 2.05) is 30.3 Å². The Hall–Kier alpha value is -1.20. The van der Waals surface area contributed by atoms with Crippen molar-refractivity contribution in [2.45, 2.75) is 25.7 Å². The van der Waals surface area contributed by atoms with E-state index in [1.54, 1.807) is 0 Å². The highest BCUT2D eigenvalue weighted by molar-refractivity contribution is 7.88. The summed E-state index contributed by atoms with van der Waals surface area (Å²) in [5.74, 6) is 0.353. The van der Waals surface area contributed by atoms with Gasteiger partial charge in [0.1, 0.15) is 5.78 Å². The molecule has 1 aliphatic rings. The summed E-state index contributed by atoms with van der Waals surface area (Å²) in [6.07, 6.45) is 3.93. The minimum absolute atomic E-state index is 0.162. The van der Waals surface area contributed by atoms with Crippen LogP contribution in [0.15, 0.2) is 30.3 Å². The highest BCUT2D eigenvalue weighted by atomic mass is 32.2. The van der Waals surface area contributed by atoms with Crippen LogP contribution in [-0.4, -0.2) is 37.9 Å². The molecule has 0 aliphatic carbocycles. The minimum Gasteiger partial charge on any atom is -0.299 e. The lowest BCUT2D eigenvalue weighted by Gasteiger charge is -2.30. The van der Waals surface area contributed by atoms with E-state index in [0.717, 1.165) is 18.4 Å². The van der Waals surface area contributed by atoms with E-state index < -0.39 is 10.0 Å². The number of carbonyl (C=O) groups is 1. The third-order valence-corrected chi connectivity index (χ3v) is 4.98. The van der Waals surface area contributed by atoms with Gasteiger partial charge in [0.05, 0.1) is 6.26 Å². The molecular formula is C15H21NO3S. The van der Waals surface area contributed by atoms with Crippen molar-refractivity contribution in [1.82, 2.24) is 4.31 Å². The van der Waals surface area contributed by atoms with Gasteiger partial charge in [0.2, 0.25) is 10.0 Å². The van der Waals surface area contributed by atoms with Gasteiger partial charge in [-0.25, -0.2) is 12.7 Å². The standard InChI is InChI=1S/C15H21NO3S/c1-20(18,19)16-9-5-8-14(12-16)11-15(17)10-13-6-3-2-4-7-13/h2-4,6-7,14H,5,8-12H2,1H3. The second-order valence-corrected chi connectivity index (χ2v) is 7.52. The largest absolute Gasteiger partial charge is 0.299 e. The summed E-state index contributed by atoms with van der Waals surface area (Å²) in [4.78, 5) is 12.1. The normalized spacial score (nSPS) is 20.8. The number of hydrogen-bond donors (Lipinski definition) is 0. The number of nitrogens with zero attached hydrogens (tertiary/aromatic N) is 1. The first-order valence-corrected chi connectivity index (χ1v) is 8.81. The van der Waals surface area contributed by atoms with Gasteiger partial charge in [-0.2, -0.15) is 0 Å². The molecular weight excluding hydrogens is 274 g/mol. The van der Waals surface area contributed by atoms with Crippen molar-refractivity contribution in [2.75, 3.05) is 19.3 Å². The minimum atomic E-state index is -3.13. The summed E-state index contributed by atoms with van der Waals surface area (Å²) in [6.45, 7) is 1.07. The Bertz CT molecular complexity index is 554. The van der Waals surface area contributed by atoms with Gasteiger partial charge in [-0.05, 0) is 24.3 Å². The van der Waals surface area contributed by atoms with E-state index in [1.165, 1.54) is 10.6 Å².